The van der Waals surface area contributed by atoms with Crippen molar-refractivity contribution in [2.75, 3.05) is 0 Å². The van der Waals surface area contributed by atoms with E-state index in [0.29, 0.717) is 5.92 Å². The summed E-state index contributed by atoms with van der Waals surface area (Å²) in [5.41, 5.74) is 3.60. The van der Waals surface area contributed by atoms with Gasteiger partial charge in [0.25, 0.3) is 0 Å². The smallest absolute Gasteiger partial charge is 0.244 e. The molecular formula is C16H19FN2O. The van der Waals surface area contributed by atoms with Crippen molar-refractivity contribution >= 4 is 12.1 Å². The SMILES string of the molecule is CC12CCCCC1C2C(=O)N/N=C/c1ccc(F)cc1. The van der Waals surface area contributed by atoms with Gasteiger partial charge in [-0.05, 0) is 41.9 Å². The summed E-state index contributed by atoms with van der Waals surface area (Å²) >= 11 is 0. The number of fused-ring (bicyclic) bond motifs is 1. The van der Waals surface area contributed by atoms with Gasteiger partial charge < -0.3 is 0 Å². The first kappa shape index (κ1) is 13.3. The van der Waals surface area contributed by atoms with E-state index >= 15 is 0 Å². The van der Waals surface area contributed by atoms with Crippen LogP contribution in [0.4, 0.5) is 4.39 Å². The third kappa shape index (κ3) is 2.35. The van der Waals surface area contributed by atoms with Crippen LogP contribution >= 0.6 is 0 Å². The van der Waals surface area contributed by atoms with Crippen molar-refractivity contribution in [3.8, 4) is 0 Å². The lowest BCUT2D eigenvalue weighted by atomic mass is 9.90. The van der Waals surface area contributed by atoms with Crippen molar-refractivity contribution in [3.63, 3.8) is 0 Å². The number of nitrogens with zero attached hydrogens (tertiary/aromatic N) is 1. The topological polar surface area (TPSA) is 41.5 Å². The highest BCUT2D eigenvalue weighted by Gasteiger charge is 2.64. The first-order valence-corrected chi connectivity index (χ1v) is 7.20. The molecule has 2 aliphatic carbocycles. The maximum atomic E-state index is 12.7. The molecule has 0 radical (unpaired) electrons. The van der Waals surface area contributed by atoms with E-state index in [1.54, 1.807) is 18.3 Å². The van der Waals surface area contributed by atoms with Crippen LogP contribution in [0.1, 0.15) is 38.2 Å². The van der Waals surface area contributed by atoms with E-state index < -0.39 is 0 Å². The molecule has 1 aromatic carbocycles. The van der Waals surface area contributed by atoms with E-state index in [9.17, 15) is 9.18 Å². The minimum atomic E-state index is -0.277. The molecule has 2 fully saturated rings. The molecule has 2 saturated carbocycles. The zero-order valence-electron chi connectivity index (χ0n) is 11.6. The molecule has 4 heteroatoms. The summed E-state index contributed by atoms with van der Waals surface area (Å²) in [5.74, 6) is 0.409. The summed E-state index contributed by atoms with van der Waals surface area (Å²) in [6, 6.07) is 6.01. The lowest BCUT2D eigenvalue weighted by Gasteiger charge is -2.15. The van der Waals surface area contributed by atoms with Crippen molar-refractivity contribution in [1.82, 2.24) is 5.43 Å². The molecule has 3 atom stereocenters. The molecule has 1 amide bonds. The minimum absolute atomic E-state index is 0.0257. The molecule has 0 heterocycles. The Kier molecular flexibility index (Phi) is 3.32. The zero-order valence-corrected chi connectivity index (χ0v) is 11.6. The molecule has 0 bridgehead atoms. The predicted molar refractivity (Wildman–Crippen MR) is 75.7 cm³/mol. The molecule has 3 rings (SSSR count). The molecule has 1 N–H and O–H groups in total. The highest BCUT2D eigenvalue weighted by molar-refractivity contribution is 5.85. The average molecular weight is 274 g/mol. The number of carbonyl (C=O) groups excluding carboxylic acids is 1. The Hall–Kier alpha value is -1.71. The highest BCUT2D eigenvalue weighted by Crippen LogP contribution is 2.66. The number of rotatable bonds is 3. The van der Waals surface area contributed by atoms with Gasteiger partial charge in [0.05, 0.1) is 6.21 Å². The van der Waals surface area contributed by atoms with Crippen molar-refractivity contribution in [2.45, 2.75) is 32.6 Å². The summed E-state index contributed by atoms with van der Waals surface area (Å²) in [5, 5.41) is 3.97. The first-order valence-electron chi connectivity index (χ1n) is 7.20. The van der Waals surface area contributed by atoms with E-state index in [-0.39, 0.29) is 23.1 Å². The van der Waals surface area contributed by atoms with Crippen LogP contribution in [0.25, 0.3) is 0 Å². The minimum Gasteiger partial charge on any atom is -0.273 e. The summed E-state index contributed by atoms with van der Waals surface area (Å²) in [6.45, 7) is 2.21. The van der Waals surface area contributed by atoms with Crippen LogP contribution in [0.3, 0.4) is 0 Å². The van der Waals surface area contributed by atoms with E-state index in [2.05, 4.69) is 17.5 Å². The van der Waals surface area contributed by atoms with Crippen LogP contribution in [-0.4, -0.2) is 12.1 Å². The van der Waals surface area contributed by atoms with Crippen LogP contribution in [0, 0.1) is 23.1 Å². The van der Waals surface area contributed by atoms with Crippen molar-refractivity contribution in [1.29, 1.82) is 0 Å². The Balaban J connectivity index is 1.56. The molecule has 0 aromatic heterocycles. The van der Waals surface area contributed by atoms with Crippen LogP contribution < -0.4 is 5.43 Å². The second-order valence-corrected chi connectivity index (χ2v) is 6.12. The predicted octanol–water partition coefficient (Wildman–Crippen LogP) is 3.10. The summed E-state index contributed by atoms with van der Waals surface area (Å²) in [4.78, 5) is 12.1. The molecule has 0 saturated heterocycles. The van der Waals surface area contributed by atoms with Gasteiger partial charge >= 0.3 is 0 Å². The third-order valence-corrected chi connectivity index (χ3v) is 4.87. The van der Waals surface area contributed by atoms with Crippen LogP contribution in [0.2, 0.25) is 0 Å². The third-order valence-electron chi connectivity index (χ3n) is 4.87. The fourth-order valence-electron chi connectivity index (χ4n) is 3.64. The monoisotopic (exact) mass is 274 g/mol. The number of nitrogens with one attached hydrogen (secondary N) is 1. The number of halogens is 1. The number of benzene rings is 1. The fourth-order valence-corrected chi connectivity index (χ4v) is 3.64. The highest BCUT2D eigenvalue weighted by atomic mass is 19.1. The van der Waals surface area contributed by atoms with Gasteiger partial charge in [0, 0.05) is 5.92 Å². The summed E-state index contributed by atoms with van der Waals surface area (Å²) in [7, 11) is 0. The number of amides is 1. The number of hydrazone groups is 1. The summed E-state index contributed by atoms with van der Waals surface area (Å²) < 4.78 is 12.7. The standard InChI is InChI=1S/C16H19FN2O/c1-16-9-3-2-4-13(16)14(16)15(20)19-18-10-11-5-7-12(17)8-6-11/h5-8,10,13-14H,2-4,9H2,1H3,(H,19,20)/b18-10+. The molecule has 20 heavy (non-hydrogen) atoms. The van der Waals surface area contributed by atoms with Crippen molar-refractivity contribution < 1.29 is 9.18 Å². The molecular weight excluding hydrogens is 255 g/mol. The van der Waals surface area contributed by atoms with Gasteiger partial charge in [-0.25, -0.2) is 9.82 Å². The molecule has 2 aliphatic rings. The lowest BCUT2D eigenvalue weighted by Crippen LogP contribution is -2.22. The normalized spacial score (nSPS) is 31.9. The summed E-state index contributed by atoms with van der Waals surface area (Å²) in [6.07, 6.45) is 6.33. The van der Waals surface area contributed by atoms with Crippen LogP contribution in [0.5, 0.6) is 0 Å². The second-order valence-electron chi connectivity index (χ2n) is 6.12. The van der Waals surface area contributed by atoms with E-state index in [1.165, 1.54) is 25.0 Å². The second kappa shape index (κ2) is 5.00. The fraction of sp³-hybridized carbons (Fsp3) is 0.500. The Morgan fingerprint density at radius 1 is 1.40 bits per heavy atom. The molecule has 0 aliphatic heterocycles. The van der Waals surface area contributed by atoms with Gasteiger partial charge in [-0.1, -0.05) is 31.9 Å². The largest absolute Gasteiger partial charge is 0.273 e. The van der Waals surface area contributed by atoms with Gasteiger partial charge in [-0.3, -0.25) is 4.79 Å². The van der Waals surface area contributed by atoms with E-state index in [0.717, 1.165) is 18.4 Å². The van der Waals surface area contributed by atoms with Crippen molar-refractivity contribution in [3.05, 3.63) is 35.6 Å². The maximum absolute atomic E-state index is 12.7. The zero-order chi connectivity index (χ0) is 14.2. The quantitative estimate of drug-likeness (QED) is 0.668. The van der Waals surface area contributed by atoms with Crippen LogP contribution in [-0.2, 0) is 4.79 Å². The Morgan fingerprint density at radius 2 is 2.15 bits per heavy atom. The van der Waals surface area contributed by atoms with Gasteiger partial charge in [-0.2, -0.15) is 5.10 Å². The van der Waals surface area contributed by atoms with Crippen molar-refractivity contribution in [2.24, 2.45) is 22.4 Å². The Bertz CT molecular complexity index is 540. The molecule has 3 nitrogen and oxygen atoms in total. The maximum Gasteiger partial charge on any atom is 0.244 e. The van der Waals surface area contributed by atoms with Crippen LogP contribution in [0.15, 0.2) is 29.4 Å². The average Bonchev–Trinajstić information content (AvgIpc) is 3.06. The molecule has 1 aromatic rings. The van der Waals surface area contributed by atoms with E-state index in [4.69, 9.17) is 0 Å². The van der Waals surface area contributed by atoms with Gasteiger partial charge in [-0.15, -0.1) is 0 Å². The Labute approximate surface area is 118 Å². The molecule has 106 valence electrons. The number of carbonyl (C=O) groups is 1. The lowest BCUT2D eigenvalue weighted by molar-refractivity contribution is -0.123. The van der Waals surface area contributed by atoms with E-state index in [1.807, 2.05) is 0 Å². The van der Waals surface area contributed by atoms with Gasteiger partial charge in [0.2, 0.25) is 5.91 Å². The number of hydrogen-bond donors (Lipinski definition) is 1. The Morgan fingerprint density at radius 3 is 2.80 bits per heavy atom. The van der Waals surface area contributed by atoms with Gasteiger partial charge in [0.15, 0.2) is 0 Å². The first-order chi connectivity index (χ1) is 9.61. The number of hydrogen-bond acceptors (Lipinski definition) is 2. The molecule has 0 spiro atoms. The molecule has 3 unspecified atom stereocenters. The van der Waals surface area contributed by atoms with Gasteiger partial charge in [0.1, 0.15) is 5.82 Å².